The summed E-state index contributed by atoms with van der Waals surface area (Å²) in [6.07, 6.45) is 0. The first-order valence-corrected chi connectivity index (χ1v) is 11.7. The van der Waals surface area contributed by atoms with Crippen molar-refractivity contribution in [3.05, 3.63) is 53.2 Å². The zero-order chi connectivity index (χ0) is 25.7. The number of benzene rings is 2. The van der Waals surface area contributed by atoms with Gasteiger partial charge in [-0.1, -0.05) is 23.8 Å². The van der Waals surface area contributed by atoms with E-state index in [2.05, 4.69) is 10.4 Å². The first-order chi connectivity index (χ1) is 16.3. The standard InChI is InChI=1S/C26H32BN3O5/c1-15(2)30-21-12-10-17(27-34-25(4,5)26(6,7)35-27)14-19(21)22(29-30)23(31)28-20-11-9-16(3)13-18(20)24(32)33-8/h9-15H,1-8H3,(H,28,31). The smallest absolute Gasteiger partial charge is 0.465 e. The van der Waals surface area contributed by atoms with Gasteiger partial charge in [-0.2, -0.15) is 5.10 Å². The van der Waals surface area contributed by atoms with E-state index in [9.17, 15) is 9.59 Å². The molecule has 1 amide bonds. The molecule has 0 unspecified atom stereocenters. The Balaban J connectivity index is 1.76. The number of methoxy groups -OCH3 is 1. The van der Waals surface area contributed by atoms with E-state index in [1.807, 2.05) is 77.4 Å². The third-order valence-electron chi connectivity index (χ3n) is 6.79. The molecule has 3 aromatic rings. The SMILES string of the molecule is COC(=O)c1cc(C)ccc1NC(=O)c1nn(C(C)C)c2ccc(B3OC(C)(C)C(C)(C)O3)cc12. The number of amides is 1. The molecule has 1 N–H and O–H groups in total. The lowest BCUT2D eigenvalue weighted by atomic mass is 9.78. The highest BCUT2D eigenvalue weighted by Crippen LogP contribution is 2.37. The van der Waals surface area contributed by atoms with Crippen LogP contribution in [0.2, 0.25) is 0 Å². The molecule has 2 aromatic carbocycles. The predicted octanol–water partition coefficient (Wildman–Crippen LogP) is 4.26. The van der Waals surface area contributed by atoms with E-state index in [-0.39, 0.29) is 17.3 Å². The highest BCUT2D eigenvalue weighted by Gasteiger charge is 2.51. The maximum absolute atomic E-state index is 13.4. The van der Waals surface area contributed by atoms with Crippen LogP contribution < -0.4 is 10.8 Å². The van der Waals surface area contributed by atoms with Gasteiger partial charge in [0.05, 0.1) is 35.1 Å². The molecule has 1 aliphatic heterocycles. The topological polar surface area (TPSA) is 91.7 Å². The number of carbonyl (C=O) groups excluding carboxylic acids is 2. The summed E-state index contributed by atoms with van der Waals surface area (Å²) in [5, 5.41) is 8.16. The molecule has 1 aliphatic rings. The van der Waals surface area contributed by atoms with Gasteiger partial charge in [-0.05, 0) is 72.1 Å². The van der Waals surface area contributed by atoms with E-state index < -0.39 is 30.2 Å². The molecule has 35 heavy (non-hydrogen) atoms. The van der Waals surface area contributed by atoms with Crippen molar-refractivity contribution in [3.63, 3.8) is 0 Å². The number of aryl methyl sites for hydroxylation is 1. The van der Waals surface area contributed by atoms with Crippen LogP contribution in [0.4, 0.5) is 5.69 Å². The lowest BCUT2D eigenvalue weighted by molar-refractivity contribution is 0.00578. The van der Waals surface area contributed by atoms with Crippen molar-refractivity contribution < 1.29 is 23.6 Å². The number of carbonyl (C=O) groups is 2. The Morgan fingerprint density at radius 2 is 1.71 bits per heavy atom. The number of hydrogen-bond donors (Lipinski definition) is 1. The van der Waals surface area contributed by atoms with Gasteiger partial charge < -0.3 is 19.4 Å². The minimum absolute atomic E-state index is 0.0340. The molecule has 0 aliphatic carbocycles. The van der Waals surface area contributed by atoms with Gasteiger partial charge in [0.25, 0.3) is 5.91 Å². The van der Waals surface area contributed by atoms with Gasteiger partial charge in [0.1, 0.15) is 0 Å². The van der Waals surface area contributed by atoms with Crippen LogP contribution >= 0.6 is 0 Å². The predicted molar refractivity (Wildman–Crippen MR) is 136 cm³/mol. The van der Waals surface area contributed by atoms with Crippen LogP contribution in [0.25, 0.3) is 10.9 Å². The number of nitrogens with zero attached hydrogens (tertiary/aromatic N) is 2. The Morgan fingerprint density at radius 3 is 2.31 bits per heavy atom. The van der Waals surface area contributed by atoms with E-state index in [1.54, 1.807) is 12.1 Å². The van der Waals surface area contributed by atoms with Crippen molar-refractivity contribution >= 4 is 41.0 Å². The van der Waals surface area contributed by atoms with Crippen LogP contribution in [0.5, 0.6) is 0 Å². The van der Waals surface area contributed by atoms with Gasteiger partial charge in [0.15, 0.2) is 5.69 Å². The van der Waals surface area contributed by atoms with E-state index in [4.69, 9.17) is 14.0 Å². The van der Waals surface area contributed by atoms with E-state index in [1.165, 1.54) is 7.11 Å². The number of hydrogen-bond acceptors (Lipinski definition) is 6. The monoisotopic (exact) mass is 477 g/mol. The normalized spacial score (nSPS) is 16.7. The third-order valence-corrected chi connectivity index (χ3v) is 6.79. The summed E-state index contributed by atoms with van der Waals surface area (Å²) >= 11 is 0. The Bertz CT molecular complexity index is 1300. The molecular formula is C26H32BN3O5. The highest BCUT2D eigenvalue weighted by atomic mass is 16.7. The Kier molecular flexibility index (Phi) is 6.27. The lowest BCUT2D eigenvalue weighted by Gasteiger charge is -2.32. The fourth-order valence-corrected chi connectivity index (χ4v) is 4.07. The van der Waals surface area contributed by atoms with Gasteiger partial charge in [-0.15, -0.1) is 0 Å². The molecule has 8 nitrogen and oxygen atoms in total. The average molecular weight is 477 g/mol. The number of anilines is 1. The van der Waals surface area contributed by atoms with Crippen LogP contribution in [0.15, 0.2) is 36.4 Å². The van der Waals surface area contributed by atoms with E-state index in [0.717, 1.165) is 16.5 Å². The number of rotatable bonds is 5. The number of fused-ring (bicyclic) bond motifs is 1. The highest BCUT2D eigenvalue weighted by molar-refractivity contribution is 6.62. The summed E-state index contributed by atoms with van der Waals surface area (Å²) in [4.78, 5) is 25.7. The zero-order valence-electron chi connectivity index (χ0n) is 21.6. The van der Waals surface area contributed by atoms with Gasteiger partial charge in [0, 0.05) is 11.4 Å². The molecule has 0 spiro atoms. The number of esters is 1. The fraction of sp³-hybridized carbons (Fsp3) is 0.423. The van der Waals surface area contributed by atoms with Crippen molar-refractivity contribution in [1.82, 2.24) is 9.78 Å². The number of ether oxygens (including phenoxy) is 1. The van der Waals surface area contributed by atoms with Gasteiger partial charge >= 0.3 is 13.1 Å². The maximum atomic E-state index is 13.4. The summed E-state index contributed by atoms with van der Waals surface area (Å²) in [6.45, 7) is 13.9. The average Bonchev–Trinajstić information content (AvgIpc) is 3.27. The summed E-state index contributed by atoms with van der Waals surface area (Å²) in [6, 6.07) is 11.0. The molecule has 1 aromatic heterocycles. The molecule has 184 valence electrons. The third kappa shape index (κ3) is 4.46. The van der Waals surface area contributed by atoms with Gasteiger partial charge in [-0.25, -0.2) is 4.79 Å². The summed E-state index contributed by atoms with van der Waals surface area (Å²) in [5.74, 6) is -0.945. The molecule has 0 bridgehead atoms. The second-order valence-electron chi connectivity index (χ2n) is 10.2. The molecule has 1 saturated heterocycles. The molecule has 0 atom stereocenters. The first kappa shape index (κ1) is 24.9. The number of nitrogens with one attached hydrogen (secondary N) is 1. The summed E-state index contributed by atoms with van der Waals surface area (Å²) in [5.41, 5.74) is 2.44. The van der Waals surface area contributed by atoms with Crippen LogP contribution in [-0.4, -0.2) is 47.1 Å². The maximum Gasteiger partial charge on any atom is 0.494 e. The Morgan fingerprint density at radius 1 is 1.06 bits per heavy atom. The number of aromatic nitrogens is 2. The minimum atomic E-state index is -0.564. The van der Waals surface area contributed by atoms with Crippen molar-refractivity contribution in [3.8, 4) is 0 Å². The minimum Gasteiger partial charge on any atom is -0.465 e. The van der Waals surface area contributed by atoms with Crippen molar-refractivity contribution in [2.24, 2.45) is 0 Å². The molecule has 4 rings (SSSR count). The summed E-state index contributed by atoms with van der Waals surface area (Å²) < 4.78 is 19.1. The molecule has 2 heterocycles. The van der Waals surface area contributed by atoms with E-state index in [0.29, 0.717) is 11.1 Å². The van der Waals surface area contributed by atoms with Crippen LogP contribution in [0.1, 0.15) is 74.0 Å². The van der Waals surface area contributed by atoms with Crippen LogP contribution in [0, 0.1) is 6.92 Å². The molecule has 0 saturated carbocycles. The van der Waals surface area contributed by atoms with Crippen LogP contribution in [0.3, 0.4) is 0 Å². The molecular weight excluding hydrogens is 445 g/mol. The fourth-order valence-electron chi connectivity index (χ4n) is 4.07. The molecule has 0 radical (unpaired) electrons. The first-order valence-electron chi connectivity index (χ1n) is 11.7. The van der Waals surface area contributed by atoms with E-state index >= 15 is 0 Å². The second kappa shape index (κ2) is 8.80. The Hall–Kier alpha value is -3.17. The largest absolute Gasteiger partial charge is 0.494 e. The van der Waals surface area contributed by atoms with Crippen molar-refractivity contribution in [1.29, 1.82) is 0 Å². The zero-order valence-corrected chi connectivity index (χ0v) is 21.6. The van der Waals surface area contributed by atoms with Gasteiger partial charge in [-0.3, -0.25) is 9.48 Å². The Labute approximate surface area is 206 Å². The van der Waals surface area contributed by atoms with Gasteiger partial charge in [0.2, 0.25) is 0 Å². The van der Waals surface area contributed by atoms with Crippen molar-refractivity contribution in [2.75, 3.05) is 12.4 Å². The summed E-state index contributed by atoms with van der Waals surface area (Å²) in [7, 11) is 0.747. The second-order valence-corrected chi connectivity index (χ2v) is 10.2. The quantitative estimate of drug-likeness (QED) is 0.436. The molecule has 1 fully saturated rings. The lowest BCUT2D eigenvalue weighted by Crippen LogP contribution is -2.41. The van der Waals surface area contributed by atoms with Crippen molar-refractivity contribution in [2.45, 2.75) is 65.7 Å². The molecule has 9 heteroatoms. The van der Waals surface area contributed by atoms with Crippen LogP contribution in [-0.2, 0) is 14.0 Å².